The molecule has 2 rings (SSSR count). The molecule has 1 amide bonds. The quantitative estimate of drug-likeness (QED) is 0.486. The molecular weight excluding hydrogens is 328 g/mol. The van der Waals surface area contributed by atoms with Crippen molar-refractivity contribution in [3.63, 3.8) is 0 Å². The van der Waals surface area contributed by atoms with E-state index in [1.54, 1.807) is 6.20 Å². The molecule has 1 atom stereocenters. The monoisotopic (exact) mass is 360 g/mol. The Morgan fingerprint density at radius 1 is 1.35 bits per heavy atom. The van der Waals surface area contributed by atoms with Crippen LogP contribution in [0.1, 0.15) is 38.7 Å². The Morgan fingerprint density at radius 2 is 2.19 bits per heavy atom. The Morgan fingerprint density at radius 3 is 2.88 bits per heavy atom. The minimum Gasteiger partial charge on any atom is -0.357 e. The third kappa shape index (κ3) is 6.63. The zero-order chi connectivity index (χ0) is 18.8. The number of aliphatic imine (C=N–C) groups is 1. The first-order valence-corrected chi connectivity index (χ1v) is 9.61. The fraction of sp³-hybridized carbons (Fsp3) is 0.632. The van der Waals surface area contributed by atoms with Crippen molar-refractivity contribution in [2.45, 2.75) is 46.1 Å². The molecule has 144 valence electrons. The van der Waals surface area contributed by atoms with Crippen molar-refractivity contribution in [3.05, 3.63) is 23.9 Å². The number of rotatable bonds is 8. The van der Waals surface area contributed by atoms with Gasteiger partial charge in [-0.05, 0) is 51.4 Å². The van der Waals surface area contributed by atoms with E-state index in [0.29, 0.717) is 24.8 Å². The SMILES string of the molecule is CCNC(=NCC1CCCN1CC)NCCC(=O)Nc1ccc(C)cn1. The first kappa shape index (κ1) is 20.2. The van der Waals surface area contributed by atoms with E-state index in [2.05, 4.69) is 32.8 Å². The average molecular weight is 361 g/mol. The number of amides is 1. The summed E-state index contributed by atoms with van der Waals surface area (Å²) in [6.45, 7) is 10.6. The number of pyridine rings is 1. The van der Waals surface area contributed by atoms with E-state index in [-0.39, 0.29) is 5.91 Å². The summed E-state index contributed by atoms with van der Waals surface area (Å²) in [4.78, 5) is 23.4. The molecule has 0 aliphatic carbocycles. The van der Waals surface area contributed by atoms with E-state index in [0.717, 1.165) is 31.2 Å². The van der Waals surface area contributed by atoms with Crippen molar-refractivity contribution in [2.24, 2.45) is 4.99 Å². The number of anilines is 1. The number of hydrogen-bond acceptors (Lipinski definition) is 4. The highest BCUT2D eigenvalue weighted by Gasteiger charge is 2.22. The lowest BCUT2D eigenvalue weighted by Gasteiger charge is -2.21. The third-order valence-corrected chi connectivity index (χ3v) is 4.53. The standard InChI is InChI=1S/C19H32N6O/c1-4-20-19(23-14-16-7-6-12-25(16)5-2)21-11-10-18(26)24-17-9-8-15(3)13-22-17/h8-9,13,16H,4-7,10-12,14H2,1-3H3,(H2,20,21,23)(H,22,24,26). The van der Waals surface area contributed by atoms with Gasteiger partial charge in [-0.3, -0.25) is 14.7 Å². The second kappa shape index (κ2) is 10.8. The largest absolute Gasteiger partial charge is 0.357 e. The van der Waals surface area contributed by atoms with Crippen molar-refractivity contribution < 1.29 is 4.79 Å². The van der Waals surface area contributed by atoms with Crippen LogP contribution >= 0.6 is 0 Å². The molecule has 7 heteroatoms. The van der Waals surface area contributed by atoms with E-state index in [9.17, 15) is 4.79 Å². The summed E-state index contributed by atoms with van der Waals surface area (Å²) in [5.74, 6) is 1.30. The lowest BCUT2D eigenvalue weighted by Crippen LogP contribution is -2.40. The van der Waals surface area contributed by atoms with Crippen LogP contribution in [0, 0.1) is 6.92 Å². The van der Waals surface area contributed by atoms with Gasteiger partial charge in [0.05, 0.1) is 6.54 Å². The van der Waals surface area contributed by atoms with Gasteiger partial charge in [0.25, 0.3) is 0 Å². The smallest absolute Gasteiger partial charge is 0.227 e. The topological polar surface area (TPSA) is 81.7 Å². The van der Waals surface area contributed by atoms with Gasteiger partial charge in [-0.1, -0.05) is 13.0 Å². The Hall–Kier alpha value is -2.15. The van der Waals surface area contributed by atoms with E-state index >= 15 is 0 Å². The first-order chi connectivity index (χ1) is 12.6. The Kier molecular flexibility index (Phi) is 8.34. The van der Waals surface area contributed by atoms with Gasteiger partial charge in [0, 0.05) is 31.7 Å². The zero-order valence-corrected chi connectivity index (χ0v) is 16.2. The Bertz CT molecular complexity index is 586. The molecule has 1 aliphatic heterocycles. The van der Waals surface area contributed by atoms with Crippen LogP contribution in [0.3, 0.4) is 0 Å². The molecule has 2 heterocycles. The molecule has 1 saturated heterocycles. The van der Waals surface area contributed by atoms with E-state index in [1.165, 1.54) is 19.4 Å². The van der Waals surface area contributed by atoms with Gasteiger partial charge >= 0.3 is 0 Å². The fourth-order valence-corrected chi connectivity index (χ4v) is 3.10. The van der Waals surface area contributed by atoms with Gasteiger partial charge in [0.1, 0.15) is 5.82 Å². The minimum absolute atomic E-state index is 0.0577. The van der Waals surface area contributed by atoms with Crippen molar-refractivity contribution in [3.8, 4) is 0 Å². The maximum Gasteiger partial charge on any atom is 0.227 e. The van der Waals surface area contributed by atoms with E-state index in [4.69, 9.17) is 4.99 Å². The number of nitrogens with one attached hydrogen (secondary N) is 3. The lowest BCUT2D eigenvalue weighted by molar-refractivity contribution is -0.116. The molecule has 0 aromatic carbocycles. The highest BCUT2D eigenvalue weighted by molar-refractivity contribution is 5.90. The van der Waals surface area contributed by atoms with Crippen LogP contribution in [0.4, 0.5) is 5.82 Å². The van der Waals surface area contributed by atoms with Crippen LogP contribution in [0.15, 0.2) is 23.3 Å². The predicted molar refractivity (Wildman–Crippen MR) is 106 cm³/mol. The lowest BCUT2D eigenvalue weighted by atomic mass is 10.2. The van der Waals surface area contributed by atoms with Crippen LogP contribution in [0.5, 0.6) is 0 Å². The highest BCUT2D eigenvalue weighted by Crippen LogP contribution is 2.16. The number of likely N-dealkylation sites (N-methyl/N-ethyl adjacent to an activating group) is 1. The number of nitrogens with zero attached hydrogens (tertiary/aromatic N) is 3. The molecule has 0 spiro atoms. The zero-order valence-electron chi connectivity index (χ0n) is 16.2. The Labute approximate surface area is 156 Å². The van der Waals surface area contributed by atoms with Gasteiger partial charge in [0.2, 0.25) is 5.91 Å². The molecule has 0 radical (unpaired) electrons. The third-order valence-electron chi connectivity index (χ3n) is 4.53. The number of carbonyl (C=O) groups is 1. The summed E-state index contributed by atoms with van der Waals surface area (Å²) in [6, 6.07) is 4.28. The number of guanidine groups is 1. The summed E-state index contributed by atoms with van der Waals surface area (Å²) in [5, 5.41) is 9.30. The molecule has 3 N–H and O–H groups in total. The van der Waals surface area contributed by atoms with E-state index < -0.39 is 0 Å². The predicted octanol–water partition coefficient (Wildman–Crippen LogP) is 1.76. The molecular formula is C19H32N6O. The normalized spacial score (nSPS) is 18.0. The van der Waals surface area contributed by atoms with Crippen LogP contribution in [-0.4, -0.2) is 60.5 Å². The van der Waals surface area contributed by atoms with Crippen molar-refractivity contribution in [1.29, 1.82) is 0 Å². The summed E-state index contributed by atoms with van der Waals surface area (Å²) >= 11 is 0. The molecule has 0 bridgehead atoms. The second-order valence-electron chi connectivity index (χ2n) is 6.59. The van der Waals surface area contributed by atoms with Gasteiger partial charge in [0.15, 0.2) is 5.96 Å². The molecule has 1 unspecified atom stereocenters. The summed E-state index contributed by atoms with van der Waals surface area (Å²) in [5.41, 5.74) is 1.07. The molecule has 26 heavy (non-hydrogen) atoms. The highest BCUT2D eigenvalue weighted by atomic mass is 16.1. The van der Waals surface area contributed by atoms with Gasteiger partial charge in [-0.25, -0.2) is 4.98 Å². The molecule has 1 fully saturated rings. The van der Waals surface area contributed by atoms with Crippen molar-refractivity contribution in [1.82, 2.24) is 20.5 Å². The number of hydrogen-bond donors (Lipinski definition) is 3. The van der Waals surface area contributed by atoms with Crippen molar-refractivity contribution >= 4 is 17.7 Å². The molecule has 1 aromatic heterocycles. The molecule has 7 nitrogen and oxygen atoms in total. The summed E-state index contributed by atoms with van der Waals surface area (Å²) in [7, 11) is 0. The number of carbonyl (C=O) groups excluding carboxylic acids is 1. The van der Waals surface area contributed by atoms with Gasteiger partial charge in [-0.15, -0.1) is 0 Å². The molecule has 0 saturated carbocycles. The number of aryl methyl sites for hydroxylation is 1. The second-order valence-corrected chi connectivity index (χ2v) is 6.59. The van der Waals surface area contributed by atoms with E-state index in [1.807, 2.05) is 26.0 Å². The maximum atomic E-state index is 12.0. The number of aromatic nitrogens is 1. The first-order valence-electron chi connectivity index (χ1n) is 9.61. The summed E-state index contributed by atoms with van der Waals surface area (Å²) in [6.07, 6.45) is 4.57. The van der Waals surface area contributed by atoms with Gasteiger partial charge in [-0.2, -0.15) is 0 Å². The summed E-state index contributed by atoms with van der Waals surface area (Å²) < 4.78 is 0. The minimum atomic E-state index is -0.0577. The van der Waals surface area contributed by atoms with Crippen LogP contribution in [0.2, 0.25) is 0 Å². The van der Waals surface area contributed by atoms with Crippen molar-refractivity contribution in [2.75, 3.05) is 38.0 Å². The van der Waals surface area contributed by atoms with Gasteiger partial charge < -0.3 is 16.0 Å². The average Bonchev–Trinajstić information content (AvgIpc) is 3.09. The molecule has 1 aromatic rings. The van der Waals surface area contributed by atoms with Crippen LogP contribution < -0.4 is 16.0 Å². The Balaban J connectivity index is 1.75. The van der Waals surface area contributed by atoms with Crippen LogP contribution in [0.25, 0.3) is 0 Å². The maximum absolute atomic E-state index is 12.0. The fourth-order valence-electron chi connectivity index (χ4n) is 3.10. The number of likely N-dealkylation sites (tertiary alicyclic amines) is 1. The van der Waals surface area contributed by atoms with Crippen LogP contribution in [-0.2, 0) is 4.79 Å². The molecule has 1 aliphatic rings.